The molecule has 0 bridgehead atoms. The highest BCUT2D eigenvalue weighted by Gasteiger charge is 2.16. The van der Waals surface area contributed by atoms with Gasteiger partial charge in [0.2, 0.25) is 5.91 Å². The lowest BCUT2D eigenvalue weighted by molar-refractivity contribution is -0.113. The summed E-state index contributed by atoms with van der Waals surface area (Å²) in [6.07, 6.45) is 1.28. The molecule has 3 aromatic rings. The first-order valence-corrected chi connectivity index (χ1v) is 12.7. The molecule has 13 heteroatoms. The zero-order valence-corrected chi connectivity index (χ0v) is 22.6. The predicted molar refractivity (Wildman–Crippen MR) is 140 cm³/mol. The second-order valence-corrected chi connectivity index (χ2v) is 9.39. The average Bonchev–Trinajstić information content (AvgIpc) is 3.24. The first kappa shape index (κ1) is 28.3. The van der Waals surface area contributed by atoms with Gasteiger partial charge < -0.3 is 24.1 Å². The van der Waals surface area contributed by atoms with E-state index in [0.29, 0.717) is 40.4 Å². The Kier molecular flexibility index (Phi) is 10.2. The van der Waals surface area contributed by atoms with E-state index in [1.54, 1.807) is 22.8 Å². The van der Waals surface area contributed by atoms with Crippen molar-refractivity contribution >= 4 is 58.5 Å². The van der Waals surface area contributed by atoms with Crippen molar-refractivity contribution in [2.45, 2.75) is 18.0 Å². The van der Waals surface area contributed by atoms with E-state index < -0.39 is 11.9 Å². The molecule has 1 N–H and O–H groups in total. The van der Waals surface area contributed by atoms with E-state index in [9.17, 15) is 14.4 Å². The number of esters is 2. The van der Waals surface area contributed by atoms with Crippen LogP contribution in [-0.2, 0) is 27.7 Å². The molecule has 0 fully saturated rings. The number of anilines is 1. The van der Waals surface area contributed by atoms with Gasteiger partial charge in [0.15, 0.2) is 5.16 Å². The van der Waals surface area contributed by atoms with Crippen molar-refractivity contribution in [1.82, 2.24) is 14.8 Å². The molecule has 0 unspecified atom stereocenters. The van der Waals surface area contributed by atoms with Crippen molar-refractivity contribution in [2.75, 3.05) is 31.9 Å². The van der Waals surface area contributed by atoms with Gasteiger partial charge in [0, 0.05) is 24.2 Å². The van der Waals surface area contributed by atoms with Crippen molar-refractivity contribution in [3.05, 3.63) is 63.4 Å². The molecule has 0 aliphatic carbocycles. The number of rotatable bonds is 11. The summed E-state index contributed by atoms with van der Waals surface area (Å²) in [7, 11) is 4.26. The van der Waals surface area contributed by atoms with Crippen LogP contribution in [0.25, 0.3) is 0 Å². The SMILES string of the molecule is COC(=O)c1cc(NC(=O)CSc2nnc(CCCOc3ccc(Cl)cc3Cl)n2C)cc(C(=O)OC)c1. The Balaban J connectivity index is 1.53. The third-order valence-electron chi connectivity index (χ3n) is 5.01. The number of nitrogens with one attached hydrogen (secondary N) is 1. The Morgan fingerprint density at radius 3 is 2.30 bits per heavy atom. The van der Waals surface area contributed by atoms with Gasteiger partial charge in [0.25, 0.3) is 0 Å². The molecule has 10 nitrogen and oxygen atoms in total. The van der Waals surface area contributed by atoms with Gasteiger partial charge in [0.05, 0.1) is 42.7 Å². The van der Waals surface area contributed by atoms with Crippen LogP contribution in [0, 0.1) is 0 Å². The Morgan fingerprint density at radius 2 is 1.68 bits per heavy atom. The maximum atomic E-state index is 12.5. The van der Waals surface area contributed by atoms with Gasteiger partial charge in [-0.2, -0.15) is 0 Å². The molecule has 0 saturated carbocycles. The molecule has 196 valence electrons. The van der Waals surface area contributed by atoms with E-state index in [-0.39, 0.29) is 28.5 Å². The Morgan fingerprint density at radius 1 is 1.00 bits per heavy atom. The standard InChI is InChI=1S/C24H24Cl2N4O6S/c1-30-20(5-4-8-36-19-7-6-16(25)12-18(19)26)28-29-24(30)37-13-21(31)27-17-10-14(22(32)34-2)9-15(11-17)23(33)35-3/h6-7,9-12H,4-5,8,13H2,1-3H3,(H,27,31). The zero-order chi connectivity index (χ0) is 26.9. The van der Waals surface area contributed by atoms with Gasteiger partial charge in [-0.05, 0) is 42.8 Å². The molecule has 3 rings (SSSR count). The highest BCUT2D eigenvalue weighted by atomic mass is 35.5. The topological polar surface area (TPSA) is 122 Å². The molecule has 37 heavy (non-hydrogen) atoms. The average molecular weight is 567 g/mol. The van der Waals surface area contributed by atoms with E-state index in [1.165, 1.54) is 44.2 Å². The number of aromatic nitrogens is 3. The number of hydrogen-bond donors (Lipinski definition) is 1. The second kappa shape index (κ2) is 13.3. The minimum absolute atomic E-state index is 0.0279. The van der Waals surface area contributed by atoms with Gasteiger partial charge in [-0.3, -0.25) is 4.79 Å². The van der Waals surface area contributed by atoms with Gasteiger partial charge in [-0.25, -0.2) is 9.59 Å². The molecule has 2 aromatic carbocycles. The molecule has 0 aliphatic heterocycles. The lowest BCUT2D eigenvalue weighted by Crippen LogP contribution is -2.16. The summed E-state index contributed by atoms with van der Waals surface area (Å²) in [4.78, 5) is 36.4. The minimum Gasteiger partial charge on any atom is -0.492 e. The van der Waals surface area contributed by atoms with Crippen molar-refractivity contribution in [3.63, 3.8) is 0 Å². The van der Waals surface area contributed by atoms with Crippen LogP contribution in [0.1, 0.15) is 33.0 Å². The van der Waals surface area contributed by atoms with E-state index in [4.69, 9.17) is 37.4 Å². The summed E-state index contributed by atoms with van der Waals surface area (Å²) < 4.78 is 16.9. The van der Waals surface area contributed by atoms with Crippen LogP contribution < -0.4 is 10.1 Å². The number of amides is 1. The van der Waals surface area contributed by atoms with Gasteiger partial charge in [-0.15, -0.1) is 10.2 Å². The molecule has 0 saturated heterocycles. The molecular weight excluding hydrogens is 543 g/mol. The normalized spacial score (nSPS) is 10.6. The van der Waals surface area contributed by atoms with Gasteiger partial charge in [-0.1, -0.05) is 35.0 Å². The van der Waals surface area contributed by atoms with E-state index in [0.717, 1.165) is 5.82 Å². The molecule has 1 heterocycles. The van der Waals surface area contributed by atoms with Crippen LogP contribution in [0.2, 0.25) is 10.0 Å². The highest BCUT2D eigenvalue weighted by Crippen LogP contribution is 2.27. The molecule has 1 amide bonds. The number of ether oxygens (including phenoxy) is 3. The van der Waals surface area contributed by atoms with E-state index in [2.05, 4.69) is 15.5 Å². The summed E-state index contributed by atoms with van der Waals surface area (Å²) in [6.45, 7) is 0.428. The Hall–Kier alpha value is -3.28. The lowest BCUT2D eigenvalue weighted by atomic mass is 10.1. The van der Waals surface area contributed by atoms with Crippen molar-refractivity contribution < 1.29 is 28.6 Å². The summed E-state index contributed by atoms with van der Waals surface area (Å²) in [6, 6.07) is 9.21. The third kappa shape index (κ3) is 7.85. The molecule has 0 atom stereocenters. The fourth-order valence-electron chi connectivity index (χ4n) is 3.19. The second-order valence-electron chi connectivity index (χ2n) is 7.60. The highest BCUT2D eigenvalue weighted by molar-refractivity contribution is 7.99. The first-order chi connectivity index (χ1) is 17.7. The lowest BCUT2D eigenvalue weighted by Gasteiger charge is -2.10. The number of carbonyl (C=O) groups is 3. The molecule has 0 radical (unpaired) electrons. The van der Waals surface area contributed by atoms with Crippen molar-refractivity contribution in [1.29, 1.82) is 0 Å². The number of halogens is 2. The number of nitrogens with zero attached hydrogens (tertiary/aromatic N) is 3. The summed E-state index contributed by atoms with van der Waals surface area (Å²) in [5, 5.41) is 12.6. The zero-order valence-electron chi connectivity index (χ0n) is 20.2. The van der Waals surface area contributed by atoms with E-state index in [1.807, 2.05) is 7.05 Å². The van der Waals surface area contributed by atoms with Crippen LogP contribution in [0.15, 0.2) is 41.6 Å². The molecule has 0 spiro atoms. The Labute approximate surface area is 227 Å². The predicted octanol–water partition coefficient (Wildman–Crippen LogP) is 4.44. The maximum Gasteiger partial charge on any atom is 0.337 e. The van der Waals surface area contributed by atoms with Gasteiger partial charge in [0.1, 0.15) is 11.6 Å². The first-order valence-electron chi connectivity index (χ1n) is 10.9. The minimum atomic E-state index is -0.649. The molecule has 1 aromatic heterocycles. The number of benzene rings is 2. The van der Waals surface area contributed by atoms with Crippen LogP contribution in [0.3, 0.4) is 0 Å². The summed E-state index contributed by atoms with van der Waals surface area (Å²) >= 11 is 13.2. The third-order valence-corrected chi connectivity index (χ3v) is 6.56. The van der Waals surface area contributed by atoms with Gasteiger partial charge >= 0.3 is 11.9 Å². The molecule has 0 aliphatic rings. The maximum absolute atomic E-state index is 12.5. The smallest absolute Gasteiger partial charge is 0.337 e. The monoisotopic (exact) mass is 566 g/mol. The van der Waals surface area contributed by atoms with Crippen molar-refractivity contribution in [2.24, 2.45) is 7.05 Å². The number of thioether (sulfide) groups is 1. The largest absolute Gasteiger partial charge is 0.492 e. The Bertz CT molecular complexity index is 1270. The van der Waals surface area contributed by atoms with Crippen LogP contribution >= 0.6 is 35.0 Å². The molecular formula is C24H24Cl2N4O6S. The van der Waals surface area contributed by atoms with Crippen LogP contribution in [-0.4, -0.2) is 59.2 Å². The number of methoxy groups -OCH3 is 2. The number of hydrogen-bond acceptors (Lipinski definition) is 9. The van der Waals surface area contributed by atoms with Crippen molar-refractivity contribution in [3.8, 4) is 5.75 Å². The summed E-state index contributed by atoms with van der Waals surface area (Å²) in [5.41, 5.74) is 0.468. The van der Waals surface area contributed by atoms with Crippen LogP contribution in [0.5, 0.6) is 5.75 Å². The fraction of sp³-hybridized carbons (Fsp3) is 0.292. The van der Waals surface area contributed by atoms with E-state index >= 15 is 0 Å². The van der Waals surface area contributed by atoms with Crippen LogP contribution in [0.4, 0.5) is 5.69 Å². The number of aryl methyl sites for hydroxylation is 1. The summed E-state index contributed by atoms with van der Waals surface area (Å²) in [5.74, 6) is -0.335. The quantitative estimate of drug-likeness (QED) is 0.204. The fourth-order valence-corrected chi connectivity index (χ4v) is 4.38. The number of carbonyl (C=O) groups excluding carboxylic acids is 3.